The molecule has 1 N–H and O–H groups in total. The highest BCUT2D eigenvalue weighted by atomic mass is 32.1. The Labute approximate surface area is 401 Å². The SMILES string of the molecule is C=CC(=O)OCC(CCCCOc1ccc(C(=O)OCCc2ccc(OC(=O)c3ccc(OCC(COC(=O)C=C)OC(=O)C=C)cc3)c(/C=N/Nc3nc4ccccc4s3)c2)cc1)OC(=O)C=C. The number of carbonyl (C=O) groups is 6. The number of benzene rings is 4. The predicted octanol–water partition coefficient (Wildman–Crippen LogP) is 7.94. The summed E-state index contributed by atoms with van der Waals surface area (Å²) in [5, 5.41) is 4.92. The van der Waals surface area contributed by atoms with Crippen molar-refractivity contribution in [3.05, 3.63) is 164 Å². The lowest BCUT2D eigenvalue weighted by molar-refractivity contribution is -0.154. The van der Waals surface area contributed by atoms with Crippen LogP contribution >= 0.6 is 11.3 Å². The molecule has 358 valence electrons. The number of esters is 6. The van der Waals surface area contributed by atoms with E-state index < -0.39 is 48.0 Å². The number of unbranched alkanes of at least 4 members (excludes halogenated alkanes) is 1. The van der Waals surface area contributed by atoms with E-state index in [9.17, 15) is 28.8 Å². The summed E-state index contributed by atoms with van der Waals surface area (Å²) in [4.78, 5) is 77.3. The first kappa shape index (κ1) is 51.6. The Kier molecular flexibility index (Phi) is 20.4. The van der Waals surface area contributed by atoms with E-state index in [1.807, 2.05) is 24.3 Å². The molecule has 0 aliphatic rings. The Balaban J connectivity index is 1.16. The van der Waals surface area contributed by atoms with E-state index in [4.69, 9.17) is 37.9 Å². The highest BCUT2D eigenvalue weighted by Gasteiger charge is 2.19. The van der Waals surface area contributed by atoms with E-state index in [2.05, 4.69) is 41.8 Å². The molecular formula is C51H49N3O14S. The van der Waals surface area contributed by atoms with Crippen LogP contribution in [0.3, 0.4) is 0 Å². The smallest absolute Gasteiger partial charge is 0.343 e. The van der Waals surface area contributed by atoms with Crippen molar-refractivity contribution in [1.82, 2.24) is 4.98 Å². The lowest BCUT2D eigenvalue weighted by Crippen LogP contribution is -2.30. The van der Waals surface area contributed by atoms with Gasteiger partial charge in [-0.3, -0.25) is 5.43 Å². The number of aromatic nitrogens is 1. The Hall–Kier alpha value is -8.38. The zero-order valence-corrected chi connectivity index (χ0v) is 38.2. The van der Waals surface area contributed by atoms with Gasteiger partial charge in [-0.1, -0.05) is 55.9 Å². The van der Waals surface area contributed by atoms with Gasteiger partial charge in [0.1, 0.15) is 43.2 Å². The number of carbonyl (C=O) groups excluding carboxylic acids is 6. The zero-order chi connectivity index (χ0) is 49.4. The number of rotatable bonds is 28. The minimum atomic E-state index is -0.943. The third-order valence-electron chi connectivity index (χ3n) is 9.42. The third-order valence-corrected chi connectivity index (χ3v) is 10.4. The standard InChI is InChI=1S/C51H49N3O14S/c1-5-45(55)64-31-40(66-47(57)7-3)13-11-12-27-61-38-21-17-35(18-22-38)49(59)62-28-26-34-16-25-43(37(29-34)30-52-54-51-53-42-14-9-10-15-44(42)69-51)68-50(60)36-19-23-39(24-20-36)63-32-41(67-48(58)8-4)33-65-46(56)6-2/h5-10,14-25,29-30,40-41H,1-4,11-13,26-28,31-33H2,(H,53,54)/b52-30+. The van der Waals surface area contributed by atoms with E-state index >= 15 is 0 Å². The highest BCUT2D eigenvalue weighted by Crippen LogP contribution is 2.26. The summed E-state index contributed by atoms with van der Waals surface area (Å²) in [5.74, 6) is -2.80. The molecule has 2 unspecified atom stereocenters. The molecule has 69 heavy (non-hydrogen) atoms. The van der Waals surface area contributed by atoms with Crippen LogP contribution in [0.1, 0.15) is 51.1 Å². The Morgan fingerprint density at radius 1 is 0.638 bits per heavy atom. The normalized spacial score (nSPS) is 11.5. The molecule has 0 saturated carbocycles. The molecule has 0 radical (unpaired) electrons. The van der Waals surface area contributed by atoms with Crippen LogP contribution in [0.4, 0.5) is 5.13 Å². The molecule has 0 aliphatic heterocycles. The van der Waals surface area contributed by atoms with Gasteiger partial charge in [0, 0.05) is 36.3 Å². The molecule has 1 heterocycles. The van der Waals surface area contributed by atoms with Crippen molar-refractivity contribution in [2.75, 3.05) is 38.5 Å². The molecule has 0 fully saturated rings. The van der Waals surface area contributed by atoms with Gasteiger partial charge in [-0.15, -0.1) is 0 Å². The van der Waals surface area contributed by atoms with Crippen LogP contribution in [0.15, 0.2) is 147 Å². The van der Waals surface area contributed by atoms with Gasteiger partial charge < -0.3 is 37.9 Å². The Morgan fingerprint density at radius 3 is 1.90 bits per heavy atom. The van der Waals surface area contributed by atoms with Crippen LogP contribution in [0.2, 0.25) is 0 Å². The second-order valence-electron chi connectivity index (χ2n) is 14.4. The second kappa shape index (κ2) is 27.3. The van der Waals surface area contributed by atoms with Gasteiger partial charge in [-0.05, 0) is 97.6 Å². The number of nitrogens with one attached hydrogen (secondary N) is 1. The van der Waals surface area contributed by atoms with Gasteiger partial charge in [0.25, 0.3) is 0 Å². The number of ether oxygens (including phenoxy) is 8. The largest absolute Gasteiger partial charge is 0.494 e. The molecule has 0 amide bonds. The zero-order valence-electron chi connectivity index (χ0n) is 37.4. The number of anilines is 1. The van der Waals surface area contributed by atoms with Crippen LogP contribution < -0.4 is 19.6 Å². The summed E-state index contributed by atoms with van der Waals surface area (Å²) >= 11 is 1.42. The van der Waals surface area contributed by atoms with Crippen LogP contribution in [0, 0.1) is 0 Å². The number of hydrazone groups is 1. The van der Waals surface area contributed by atoms with Crippen LogP contribution in [0.5, 0.6) is 17.2 Å². The number of hydrogen-bond acceptors (Lipinski definition) is 18. The maximum Gasteiger partial charge on any atom is 0.343 e. The van der Waals surface area contributed by atoms with Crippen molar-refractivity contribution in [2.24, 2.45) is 5.10 Å². The first-order chi connectivity index (χ1) is 33.5. The maximum atomic E-state index is 13.4. The number of fused-ring (bicyclic) bond motifs is 1. The highest BCUT2D eigenvalue weighted by molar-refractivity contribution is 7.22. The summed E-state index contributed by atoms with van der Waals surface area (Å²) in [6.07, 6.45) is 5.92. The molecule has 17 nitrogen and oxygen atoms in total. The van der Waals surface area contributed by atoms with Crippen LogP contribution in [-0.4, -0.2) is 92.3 Å². The van der Waals surface area contributed by atoms with Crippen LogP contribution in [0.25, 0.3) is 10.2 Å². The Morgan fingerprint density at radius 2 is 1.25 bits per heavy atom. The number of thiazole rings is 1. The molecule has 1 aromatic heterocycles. The number of hydrogen-bond donors (Lipinski definition) is 1. The number of nitrogens with zero attached hydrogens (tertiary/aromatic N) is 2. The molecule has 0 bridgehead atoms. The average Bonchev–Trinajstić information content (AvgIpc) is 3.79. The quantitative estimate of drug-likeness (QED) is 0.00958. The molecule has 5 rings (SSSR count). The van der Waals surface area contributed by atoms with Crippen molar-refractivity contribution in [3.63, 3.8) is 0 Å². The summed E-state index contributed by atoms with van der Waals surface area (Å²) < 4.78 is 44.4. The first-order valence-corrected chi connectivity index (χ1v) is 22.2. The third kappa shape index (κ3) is 17.4. The van der Waals surface area contributed by atoms with Gasteiger partial charge in [-0.2, -0.15) is 5.10 Å². The fraction of sp³-hybridized carbons (Fsp3) is 0.216. The molecule has 0 aliphatic carbocycles. The lowest BCUT2D eigenvalue weighted by atomic mass is 10.1. The molecule has 0 spiro atoms. The van der Waals surface area contributed by atoms with E-state index in [-0.39, 0.29) is 37.7 Å². The van der Waals surface area contributed by atoms with Crippen molar-refractivity contribution in [3.8, 4) is 17.2 Å². The van der Waals surface area contributed by atoms with Gasteiger partial charge in [0.15, 0.2) is 6.10 Å². The summed E-state index contributed by atoms with van der Waals surface area (Å²) in [5.41, 5.74) is 5.47. The second-order valence-corrected chi connectivity index (χ2v) is 15.4. The van der Waals surface area contributed by atoms with Crippen molar-refractivity contribution >= 4 is 68.7 Å². The summed E-state index contributed by atoms with van der Waals surface area (Å²) in [6.45, 7) is 13.3. The van der Waals surface area contributed by atoms with Crippen molar-refractivity contribution in [2.45, 2.75) is 37.9 Å². The Bertz CT molecular complexity index is 2610. The monoisotopic (exact) mass is 959 g/mol. The minimum Gasteiger partial charge on any atom is -0.494 e. The molecule has 18 heteroatoms. The van der Waals surface area contributed by atoms with Gasteiger partial charge in [0.2, 0.25) is 5.13 Å². The number of para-hydroxylation sites is 1. The van der Waals surface area contributed by atoms with Crippen molar-refractivity contribution < 1.29 is 66.7 Å². The first-order valence-electron chi connectivity index (χ1n) is 21.3. The van der Waals surface area contributed by atoms with E-state index in [1.54, 1.807) is 42.5 Å². The molecule has 2 atom stereocenters. The molecule has 5 aromatic rings. The molecule has 0 saturated heterocycles. The van der Waals surface area contributed by atoms with E-state index in [0.29, 0.717) is 60.0 Å². The average molecular weight is 960 g/mol. The van der Waals surface area contributed by atoms with E-state index in [0.717, 1.165) is 40.1 Å². The summed E-state index contributed by atoms with van der Waals surface area (Å²) in [6, 6.07) is 25.3. The van der Waals surface area contributed by atoms with E-state index in [1.165, 1.54) is 41.8 Å². The maximum absolute atomic E-state index is 13.4. The van der Waals surface area contributed by atoms with Crippen molar-refractivity contribution in [1.29, 1.82) is 0 Å². The van der Waals surface area contributed by atoms with Gasteiger partial charge >= 0.3 is 35.8 Å². The fourth-order valence-electron chi connectivity index (χ4n) is 5.94. The van der Waals surface area contributed by atoms with Crippen LogP contribution in [-0.2, 0) is 49.3 Å². The van der Waals surface area contributed by atoms with Gasteiger partial charge in [-0.25, -0.2) is 33.8 Å². The molecular weight excluding hydrogens is 911 g/mol. The molecule has 4 aromatic carbocycles. The predicted molar refractivity (Wildman–Crippen MR) is 256 cm³/mol. The minimum absolute atomic E-state index is 0.0402. The summed E-state index contributed by atoms with van der Waals surface area (Å²) in [7, 11) is 0. The van der Waals surface area contributed by atoms with Gasteiger partial charge in [0.05, 0.1) is 40.8 Å². The lowest BCUT2D eigenvalue weighted by Gasteiger charge is -2.17. The fourth-order valence-corrected chi connectivity index (χ4v) is 6.76. The topological polar surface area (TPSA) is 214 Å².